The lowest BCUT2D eigenvalue weighted by Gasteiger charge is -2.41. The number of ether oxygens (including phenoxy) is 1. The van der Waals surface area contributed by atoms with E-state index in [0.717, 1.165) is 36.8 Å². The van der Waals surface area contributed by atoms with Gasteiger partial charge < -0.3 is 30.2 Å². The number of H-pyrrole nitrogens is 1. The number of hydrogen-bond donors (Lipinski definition) is 3. The molecule has 2 heterocycles. The molecule has 2 aromatic carbocycles. The number of benzene rings is 2. The summed E-state index contributed by atoms with van der Waals surface area (Å²) in [5.41, 5.74) is 3.35. The van der Waals surface area contributed by atoms with Crippen LogP contribution in [0.5, 0.6) is 0 Å². The highest BCUT2D eigenvalue weighted by Crippen LogP contribution is 2.41. The van der Waals surface area contributed by atoms with Crippen molar-refractivity contribution < 1.29 is 14.3 Å². The second-order valence-electron chi connectivity index (χ2n) is 12.4. The zero-order valence-corrected chi connectivity index (χ0v) is 25.4. The van der Waals surface area contributed by atoms with Gasteiger partial charge in [-0.15, -0.1) is 0 Å². The fourth-order valence-corrected chi connectivity index (χ4v) is 6.40. The average Bonchev–Trinajstić information content (AvgIpc) is 3.76. The summed E-state index contributed by atoms with van der Waals surface area (Å²) in [7, 11) is 1.73. The van der Waals surface area contributed by atoms with E-state index < -0.39 is 0 Å². The van der Waals surface area contributed by atoms with Gasteiger partial charge in [0.1, 0.15) is 0 Å². The van der Waals surface area contributed by atoms with Gasteiger partial charge in [0.15, 0.2) is 0 Å². The van der Waals surface area contributed by atoms with Crippen LogP contribution in [0.3, 0.4) is 0 Å². The van der Waals surface area contributed by atoms with Gasteiger partial charge in [-0.1, -0.05) is 62.4 Å². The molecule has 1 aromatic heterocycles. The highest BCUT2D eigenvalue weighted by atomic mass is 16.5. The number of carbonyl (C=O) groups excluding carboxylic acids is 2. The number of nitrogens with zero attached hydrogens (tertiary/aromatic N) is 2. The first kappa shape index (κ1) is 30.1. The number of aromatic amines is 1. The minimum Gasteiger partial charge on any atom is -0.385 e. The molecule has 3 N–H and O–H groups in total. The topological polar surface area (TPSA) is 89.7 Å². The first-order valence-corrected chi connectivity index (χ1v) is 15.6. The number of para-hydroxylation sites is 1. The van der Waals surface area contributed by atoms with E-state index in [1.807, 2.05) is 41.3 Å². The van der Waals surface area contributed by atoms with Crippen LogP contribution in [0.2, 0.25) is 0 Å². The van der Waals surface area contributed by atoms with Crippen molar-refractivity contribution in [2.75, 3.05) is 33.4 Å². The van der Waals surface area contributed by atoms with Gasteiger partial charge >= 0.3 is 6.03 Å². The van der Waals surface area contributed by atoms with E-state index in [2.05, 4.69) is 58.8 Å². The van der Waals surface area contributed by atoms with Gasteiger partial charge in [0.25, 0.3) is 0 Å². The number of hydrogen-bond acceptors (Lipinski definition) is 4. The van der Waals surface area contributed by atoms with Crippen LogP contribution in [-0.4, -0.2) is 72.2 Å². The van der Waals surface area contributed by atoms with Gasteiger partial charge in [0.05, 0.1) is 12.0 Å². The molecular weight excluding hydrogens is 526 g/mol. The van der Waals surface area contributed by atoms with E-state index in [1.165, 1.54) is 10.9 Å². The second-order valence-corrected chi connectivity index (χ2v) is 12.4. The van der Waals surface area contributed by atoms with Crippen molar-refractivity contribution >= 4 is 22.8 Å². The van der Waals surface area contributed by atoms with E-state index in [-0.39, 0.29) is 36.0 Å². The van der Waals surface area contributed by atoms with E-state index in [1.54, 1.807) is 7.11 Å². The minimum atomic E-state index is -0.184. The van der Waals surface area contributed by atoms with Gasteiger partial charge in [-0.25, -0.2) is 4.79 Å². The molecule has 8 nitrogen and oxygen atoms in total. The fraction of sp³-hybridized carbons (Fsp3) is 0.529. The standard InChI is InChI=1S/C34H47N5O3/c1-24(2)23-38(34(41)37-19-25-10-5-4-6-11-25)28-18-26(20-35-21-28)33(40)39(27-15-16-27)32(14-9-17-42-3)30-22-36-31-13-8-7-12-29(30)31/h4-8,10-13,22,24,26-28,32,35-36H,9,14-21,23H2,1-3H3,(H,37,41)/t26-,28+,32?/m1/s1. The van der Waals surface area contributed by atoms with Crippen LogP contribution in [-0.2, 0) is 16.1 Å². The second kappa shape index (κ2) is 14.2. The van der Waals surface area contributed by atoms with E-state index in [9.17, 15) is 9.59 Å². The van der Waals surface area contributed by atoms with Gasteiger partial charge in [-0.2, -0.15) is 0 Å². The molecule has 2 aliphatic rings. The van der Waals surface area contributed by atoms with Crippen molar-refractivity contribution in [3.8, 4) is 0 Å². The van der Waals surface area contributed by atoms with Gasteiger partial charge in [0.2, 0.25) is 5.91 Å². The third kappa shape index (κ3) is 7.34. The third-order valence-corrected chi connectivity index (χ3v) is 8.56. The SMILES string of the molecule is COCCCC(c1c[nH]c2ccccc12)N(C(=O)[C@H]1CNC[C@@H](N(CC(C)C)C(=O)NCc2ccccc2)C1)C1CC1. The van der Waals surface area contributed by atoms with E-state index in [0.29, 0.717) is 45.1 Å². The van der Waals surface area contributed by atoms with Crippen molar-refractivity contribution in [3.63, 3.8) is 0 Å². The summed E-state index contributed by atoms with van der Waals surface area (Å²) in [6.07, 6.45) is 6.57. The van der Waals surface area contributed by atoms with Crippen molar-refractivity contribution in [2.45, 2.75) is 70.6 Å². The summed E-state index contributed by atoms with van der Waals surface area (Å²) in [4.78, 5) is 35.6. The smallest absolute Gasteiger partial charge is 0.317 e. The van der Waals surface area contributed by atoms with E-state index in [4.69, 9.17) is 4.74 Å². The number of carbonyl (C=O) groups is 2. The van der Waals surface area contributed by atoms with Crippen molar-refractivity contribution in [1.82, 2.24) is 25.4 Å². The molecule has 2 fully saturated rings. The average molecular weight is 574 g/mol. The van der Waals surface area contributed by atoms with Crippen LogP contribution in [0.25, 0.3) is 10.9 Å². The zero-order valence-electron chi connectivity index (χ0n) is 25.4. The number of aromatic nitrogens is 1. The molecule has 3 aromatic rings. The van der Waals surface area contributed by atoms with Crippen LogP contribution < -0.4 is 10.6 Å². The predicted molar refractivity (Wildman–Crippen MR) is 167 cm³/mol. The Balaban J connectivity index is 1.34. The van der Waals surface area contributed by atoms with Crippen LogP contribution in [0.15, 0.2) is 60.8 Å². The van der Waals surface area contributed by atoms with Crippen LogP contribution in [0.4, 0.5) is 4.79 Å². The molecule has 5 rings (SSSR count). The van der Waals surface area contributed by atoms with Crippen molar-refractivity contribution in [1.29, 1.82) is 0 Å². The Morgan fingerprint density at radius 3 is 2.52 bits per heavy atom. The Morgan fingerprint density at radius 1 is 1.02 bits per heavy atom. The summed E-state index contributed by atoms with van der Waals surface area (Å²) >= 11 is 0. The molecule has 0 radical (unpaired) electrons. The Hall–Kier alpha value is -3.36. The van der Waals surface area contributed by atoms with Gasteiger partial charge in [-0.3, -0.25) is 4.79 Å². The molecule has 42 heavy (non-hydrogen) atoms. The predicted octanol–water partition coefficient (Wildman–Crippen LogP) is 5.47. The minimum absolute atomic E-state index is 0.0161. The van der Waals surface area contributed by atoms with Gasteiger partial charge in [0, 0.05) is 69.1 Å². The van der Waals surface area contributed by atoms with Crippen molar-refractivity contribution in [3.05, 3.63) is 71.9 Å². The molecule has 3 amide bonds. The van der Waals surface area contributed by atoms with Crippen LogP contribution >= 0.6 is 0 Å². The highest BCUT2D eigenvalue weighted by molar-refractivity contribution is 5.86. The molecule has 1 aliphatic carbocycles. The first-order chi connectivity index (χ1) is 20.5. The molecule has 226 valence electrons. The normalized spacial score (nSPS) is 19.5. The fourth-order valence-electron chi connectivity index (χ4n) is 6.40. The molecule has 1 unspecified atom stereocenters. The lowest BCUT2D eigenvalue weighted by molar-refractivity contribution is -0.140. The Morgan fingerprint density at radius 2 is 1.79 bits per heavy atom. The molecule has 0 bridgehead atoms. The Bertz CT molecular complexity index is 1300. The first-order valence-electron chi connectivity index (χ1n) is 15.6. The Labute approximate surface area is 250 Å². The Kier molecular flexibility index (Phi) is 10.2. The maximum atomic E-state index is 14.5. The summed E-state index contributed by atoms with van der Waals surface area (Å²) < 4.78 is 5.41. The number of methoxy groups -OCH3 is 1. The monoisotopic (exact) mass is 573 g/mol. The molecule has 0 spiro atoms. The zero-order chi connectivity index (χ0) is 29.5. The summed E-state index contributed by atoms with van der Waals surface area (Å²) in [5.74, 6) is 0.339. The number of fused-ring (bicyclic) bond motifs is 1. The summed E-state index contributed by atoms with van der Waals surface area (Å²) in [6.45, 7) is 7.40. The van der Waals surface area contributed by atoms with Gasteiger partial charge in [-0.05, 0) is 55.2 Å². The highest BCUT2D eigenvalue weighted by Gasteiger charge is 2.43. The van der Waals surface area contributed by atoms with E-state index >= 15 is 0 Å². The number of urea groups is 1. The third-order valence-electron chi connectivity index (χ3n) is 8.56. The number of amides is 3. The quantitative estimate of drug-likeness (QED) is 0.237. The largest absolute Gasteiger partial charge is 0.385 e. The lowest BCUT2D eigenvalue weighted by Crippen LogP contribution is -2.57. The molecule has 8 heteroatoms. The molecule has 3 atom stereocenters. The molecule has 1 saturated heterocycles. The summed E-state index contributed by atoms with van der Waals surface area (Å²) in [6, 6.07) is 18.5. The van der Waals surface area contributed by atoms with Crippen LogP contribution in [0, 0.1) is 11.8 Å². The maximum absolute atomic E-state index is 14.5. The number of nitrogens with one attached hydrogen (secondary N) is 3. The van der Waals surface area contributed by atoms with Crippen LogP contribution in [0.1, 0.15) is 63.1 Å². The maximum Gasteiger partial charge on any atom is 0.317 e. The molecular formula is C34H47N5O3. The van der Waals surface area contributed by atoms with Crippen molar-refractivity contribution in [2.24, 2.45) is 11.8 Å². The number of piperidine rings is 1. The molecule has 1 aliphatic heterocycles. The molecule has 1 saturated carbocycles. The summed E-state index contributed by atoms with van der Waals surface area (Å²) in [5, 5.41) is 7.83. The number of rotatable bonds is 13. The lowest BCUT2D eigenvalue weighted by atomic mass is 9.91.